The van der Waals surface area contributed by atoms with Crippen molar-refractivity contribution < 1.29 is 4.79 Å². The fourth-order valence-electron chi connectivity index (χ4n) is 3.88. The normalized spacial score (nSPS) is 16.5. The summed E-state index contributed by atoms with van der Waals surface area (Å²) in [6.07, 6.45) is 1.15. The summed E-state index contributed by atoms with van der Waals surface area (Å²) in [7, 11) is 0. The van der Waals surface area contributed by atoms with E-state index in [0.29, 0.717) is 0 Å². The Hall–Kier alpha value is -2.17. The minimum absolute atomic E-state index is 0.113. The van der Waals surface area contributed by atoms with E-state index < -0.39 is 0 Å². The number of carbonyl (C=O) groups excluding carboxylic acids is 1. The first-order chi connectivity index (χ1) is 13.2. The lowest BCUT2D eigenvalue weighted by molar-refractivity contribution is 0.0773. The molecule has 1 unspecified atom stereocenters. The summed E-state index contributed by atoms with van der Waals surface area (Å²) in [4.78, 5) is 17.0. The number of rotatable bonds is 6. The van der Waals surface area contributed by atoms with E-state index in [1.807, 2.05) is 30.9 Å². The van der Waals surface area contributed by atoms with E-state index in [1.54, 1.807) is 0 Å². The summed E-state index contributed by atoms with van der Waals surface area (Å²) < 4.78 is 0. The molecular weight excluding hydrogens is 334 g/mol. The molecule has 2 aromatic rings. The van der Waals surface area contributed by atoms with Crippen LogP contribution < -0.4 is 5.32 Å². The van der Waals surface area contributed by atoms with Gasteiger partial charge in [-0.25, -0.2) is 0 Å². The zero-order valence-electron chi connectivity index (χ0n) is 16.5. The Labute approximate surface area is 163 Å². The standard InChI is InChI=1S/C23H31N3O/c1-3-25(4-2)23(27)21-13-11-20(12-14-21)22(19-9-6-5-7-10-19)26-17-8-15-24-16-18-26/h5-7,9-14,22,24H,3-4,8,15-18H2,1-2H3. The van der Waals surface area contributed by atoms with Gasteiger partial charge in [0.25, 0.3) is 5.91 Å². The summed E-state index contributed by atoms with van der Waals surface area (Å²) in [6.45, 7) is 9.72. The molecule has 0 bridgehead atoms. The molecule has 4 nitrogen and oxygen atoms in total. The van der Waals surface area contributed by atoms with Gasteiger partial charge in [0.1, 0.15) is 0 Å². The maximum Gasteiger partial charge on any atom is 0.253 e. The fourth-order valence-corrected chi connectivity index (χ4v) is 3.88. The Morgan fingerprint density at radius 2 is 1.63 bits per heavy atom. The van der Waals surface area contributed by atoms with E-state index in [0.717, 1.165) is 51.3 Å². The summed E-state index contributed by atoms with van der Waals surface area (Å²) in [5, 5.41) is 3.49. The quantitative estimate of drug-likeness (QED) is 0.850. The SMILES string of the molecule is CCN(CC)C(=O)c1ccc(C(c2ccccc2)N2CCCNCC2)cc1. The third kappa shape index (κ3) is 4.76. The van der Waals surface area contributed by atoms with Crippen LogP contribution >= 0.6 is 0 Å². The van der Waals surface area contributed by atoms with Gasteiger partial charge in [0.05, 0.1) is 6.04 Å². The van der Waals surface area contributed by atoms with E-state index in [-0.39, 0.29) is 11.9 Å². The molecular formula is C23H31N3O. The van der Waals surface area contributed by atoms with Crippen molar-refractivity contribution in [1.29, 1.82) is 0 Å². The highest BCUT2D eigenvalue weighted by Gasteiger charge is 2.23. The summed E-state index contributed by atoms with van der Waals surface area (Å²) >= 11 is 0. The molecule has 0 spiro atoms. The molecule has 27 heavy (non-hydrogen) atoms. The molecule has 2 aromatic carbocycles. The van der Waals surface area contributed by atoms with Gasteiger partial charge in [0, 0.05) is 38.3 Å². The lowest BCUT2D eigenvalue weighted by atomic mass is 9.95. The van der Waals surface area contributed by atoms with Gasteiger partial charge in [-0.2, -0.15) is 0 Å². The van der Waals surface area contributed by atoms with Crippen LogP contribution in [0.1, 0.15) is 47.8 Å². The first-order valence-corrected chi connectivity index (χ1v) is 10.1. The van der Waals surface area contributed by atoms with Crippen molar-refractivity contribution in [3.8, 4) is 0 Å². The third-order valence-corrected chi connectivity index (χ3v) is 5.38. The predicted molar refractivity (Wildman–Crippen MR) is 111 cm³/mol. The molecule has 1 fully saturated rings. The average molecular weight is 366 g/mol. The molecule has 1 aliphatic heterocycles. The lowest BCUT2D eigenvalue weighted by Gasteiger charge is -2.31. The van der Waals surface area contributed by atoms with Crippen molar-refractivity contribution in [3.63, 3.8) is 0 Å². The second-order valence-corrected chi connectivity index (χ2v) is 7.05. The molecule has 1 aliphatic rings. The van der Waals surface area contributed by atoms with E-state index in [2.05, 4.69) is 52.7 Å². The smallest absolute Gasteiger partial charge is 0.253 e. The van der Waals surface area contributed by atoms with Gasteiger partial charge < -0.3 is 10.2 Å². The predicted octanol–water partition coefficient (Wildman–Crippen LogP) is 3.55. The first kappa shape index (κ1) is 19.6. The zero-order valence-corrected chi connectivity index (χ0v) is 16.5. The Morgan fingerprint density at radius 1 is 0.963 bits per heavy atom. The number of benzene rings is 2. The van der Waals surface area contributed by atoms with Gasteiger partial charge in [0.15, 0.2) is 0 Å². The van der Waals surface area contributed by atoms with Gasteiger partial charge in [-0.15, -0.1) is 0 Å². The third-order valence-electron chi connectivity index (χ3n) is 5.38. The van der Waals surface area contributed by atoms with Crippen LogP contribution in [0.3, 0.4) is 0 Å². The van der Waals surface area contributed by atoms with Crippen molar-refractivity contribution in [3.05, 3.63) is 71.3 Å². The number of amides is 1. The molecule has 0 aromatic heterocycles. The monoisotopic (exact) mass is 365 g/mol. The minimum atomic E-state index is 0.113. The summed E-state index contributed by atoms with van der Waals surface area (Å²) in [5.41, 5.74) is 3.33. The highest BCUT2D eigenvalue weighted by Crippen LogP contribution is 2.29. The molecule has 0 radical (unpaired) electrons. The molecule has 0 aliphatic carbocycles. The molecule has 1 heterocycles. The Morgan fingerprint density at radius 3 is 2.30 bits per heavy atom. The molecule has 1 amide bonds. The van der Waals surface area contributed by atoms with Gasteiger partial charge in [0.2, 0.25) is 0 Å². The topological polar surface area (TPSA) is 35.6 Å². The molecule has 1 saturated heterocycles. The number of nitrogens with one attached hydrogen (secondary N) is 1. The second-order valence-electron chi connectivity index (χ2n) is 7.05. The maximum atomic E-state index is 12.6. The molecule has 1 N–H and O–H groups in total. The van der Waals surface area contributed by atoms with Crippen LogP contribution in [0.15, 0.2) is 54.6 Å². The minimum Gasteiger partial charge on any atom is -0.339 e. The number of nitrogens with zero attached hydrogens (tertiary/aromatic N) is 2. The highest BCUT2D eigenvalue weighted by molar-refractivity contribution is 5.94. The molecule has 1 atom stereocenters. The van der Waals surface area contributed by atoms with Crippen molar-refractivity contribution in [2.45, 2.75) is 26.3 Å². The van der Waals surface area contributed by atoms with Crippen molar-refractivity contribution in [1.82, 2.24) is 15.1 Å². The largest absolute Gasteiger partial charge is 0.339 e. The average Bonchev–Trinajstić information content (AvgIpc) is 3.00. The Kier molecular flexibility index (Phi) is 7.02. The van der Waals surface area contributed by atoms with Crippen LogP contribution in [0.25, 0.3) is 0 Å². The molecule has 144 valence electrons. The van der Waals surface area contributed by atoms with Crippen LogP contribution in [-0.4, -0.2) is 55.0 Å². The summed E-state index contributed by atoms with van der Waals surface area (Å²) in [5.74, 6) is 0.113. The lowest BCUT2D eigenvalue weighted by Crippen LogP contribution is -2.33. The van der Waals surface area contributed by atoms with Crippen molar-refractivity contribution in [2.75, 3.05) is 39.3 Å². The molecule has 0 saturated carbocycles. The van der Waals surface area contributed by atoms with Crippen LogP contribution in [0.4, 0.5) is 0 Å². The van der Waals surface area contributed by atoms with E-state index in [9.17, 15) is 4.79 Å². The van der Waals surface area contributed by atoms with Gasteiger partial charge in [-0.3, -0.25) is 9.69 Å². The number of hydrogen-bond donors (Lipinski definition) is 1. The van der Waals surface area contributed by atoms with Gasteiger partial charge in [-0.05, 0) is 50.1 Å². The maximum absolute atomic E-state index is 12.6. The Bertz CT molecular complexity index is 702. The van der Waals surface area contributed by atoms with E-state index >= 15 is 0 Å². The van der Waals surface area contributed by atoms with Crippen LogP contribution in [0, 0.1) is 0 Å². The summed E-state index contributed by atoms with van der Waals surface area (Å²) in [6, 6.07) is 19.2. The second kappa shape index (κ2) is 9.67. The molecule has 3 rings (SSSR count). The first-order valence-electron chi connectivity index (χ1n) is 10.1. The van der Waals surface area contributed by atoms with Crippen molar-refractivity contribution >= 4 is 5.91 Å². The Balaban J connectivity index is 1.89. The van der Waals surface area contributed by atoms with Crippen molar-refractivity contribution in [2.24, 2.45) is 0 Å². The fraction of sp³-hybridized carbons (Fsp3) is 0.435. The van der Waals surface area contributed by atoms with E-state index in [1.165, 1.54) is 11.1 Å². The van der Waals surface area contributed by atoms with Crippen LogP contribution in [0.2, 0.25) is 0 Å². The molecule has 4 heteroatoms. The number of hydrogen-bond acceptors (Lipinski definition) is 3. The van der Waals surface area contributed by atoms with Crippen LogP contribution in [0.5, 0.6) is 0 Å². The van der Waals surface area contributed by atoms with Crippen LogP contribution in [-0.2, 0) is 0 Å². The number of carbonyl (C=O) groups is 1. The van der Waals surface area contributed by atoms with E-state index in [4.69, 9.17) is 0 Å². The van der Waals surface area contributed by atoms with Gasteiger partial charge in [-0.1, -0.05) is 42.5 Å². The highest BCUT2D eigenvalue weighted by atomic mass is 16.2. The van der Waals surface area contributed by atoms with Gasteiger partial charge >= 0.3 is 0 Å². The zero-order chi connectivity index (χ0) is 19.1.